The van der Waals surface area contributed by atoms with E-state index >= 15 is 0 Å². The predicted octanol–water partition coefficient (Wildman–Crippen LogP) is 15.9. The average molecular weight is 1230 g/mol. The first-order chi connectivity index (χ1) is 40.8. The number of nitrogens with zero attached hydrogens (tertiary/aromatic N) is 5. The van der Waals surface area contributed by atoms with Crippen LogP contribution in [0.5, 0.6) is 40.2 Å². The number of carbonyl (C=O) groups is 3. The molecule has 16 nitrogen and oxygen atoms in total. The highest BCUT2D eigenvalue weighted by Gasteiger charge is 2.26. The maximum Gasteiger partial charge on any atom is 0.183 e. The molecule has 7 aromatic carbocycles. The zero-order valence-corrected chi connectivity index (χ0v) is 51.0. The molecule has 10 rings (SSSR count). The number of aromatic nitrogens is 6. The summed E-state index contributed by atoms with van der Waals surface area (Å²) in [6.07, 6.45) is 0. The van der Waals surface area contributed by atoms with Crippen LogP contribution in [0.25, 0.3) is 33.8 Å². The second-order valence-electron chi connectivity index (χ2n) is 18.6. The Hall–Kier alpha value is -8.93. The molecule has 3 aromatic heterocycles. The lowest BCUT2D eigenvalue weighted by Crippen LogP contribution is -2.10. The molecule has 2 N–H and O–H groups in total. The number of Topliss-reactive ketones (excluding diaryl/α,β-unsaturated/α-hetero) is 3. The normalized spacial score (nSPS) is 10.0. The molecule has 0 spiro atoms. The van der Waals surface area contributed by atoms with Gasteiger partial charge < -0.3 is 33.5 Å². The first kappa shape index (κ1) is 70.6. The first-order valence-electron chi connectivity index (χ1n) is 26.4. The zero-order valence-electron chi connectivity index (χ0n) is 47.7. The van der Waals surface area contributed by atoms with Crippen molar-refractivity contribution in [1.29, 1.82) is 0 Å². The molecule has 456 valence electrons. The van der Waals surface area contributed by atoms with Crippen LogP contribution in [0.1, 0.15) is 96.8 Å². The zero-order chi connectivity index (χ0) is 60.0. The van der Waals surface area contributed by atoms with Crippen molar-refractivity contribution in [1.82, 2.24) is 29.8 Å². The predicted molar refractivity (Wildman–Crippen MR) is 358 cm³/mol. The minimum Gasteiger partial charge on any atom is -0.504 e. The van der Waals surface area contributed by atoms with Gasteiger partial charge >= 0.3 is 0 Å². The van der Waals surface area contributed by atoms with Crippen LogP contribution < -0.4 is 28.4 Å². The minimum atomic E-state index is -0.234. The van der Waals surface area contributed by atoms with Gasteiger partial charge in [-0.15, -0.1) is 17.9 Å². The first-order valence-corrected chi connectivity index (χ1v) is 31.0. The number of carbonyl (C=O) groups excluding carboxylic acids is 3. The Labute approximate surface area is 517 Å². The van der Waals surface area contributed by atoms with E-state index < -0.39 is 0 Å². The number of ketones is 3. The average Bonchev–Trinajstić information content (AvgIpc) is 1.79. The molecular formula is C68H79N6O10P3. The van der Waals surface area contributed by atoms with Gasteiger partial charge in [0.15, 0.2) is 40.3 Å². The van der Waals surface area contributed by atoms with Gasteiger partial charge in [0.05, 0.1) is 41.5 Å². The van der Waals surface area contributed by atoms with Gasteiger partial charge in [0.25, 0.3) is 0 Å². The number of ether oxygens (including phenoxy) is 6. The lowest BCUT2D eigenvalue weighted by molar-refractivity contribution is 0.0992. The van der Waals surface area contributed by atoms with Gasteiger partial charge in [0.2, 0.25) is 0 Å². The second-order valence-corrected chi connectivity index (χ2v) is 22.9. The molecule has 0 radical (unpaired) electrons. The van der Waals surface area contributed by atoms with Crippen LogP contribution in [0.2, 0.25) is 0 Å². The van der Waals surface area contributed by atoms with Crippen molar-refractivity contribution in [2.75, 3.05) is 28.4 Å². The van der Waals surface area contributed by atoms with Crippen molar-refractivity contribution >= 4 is 43.2 Å². The SMILES string of the molecule is C.C.C.CC(=O)c1[nH]nc(-c2ccccc2)c1O.COc1ccc(COc2c(-c3ccccc3)nn(Cc3ccc(OC)cc3)c2C(C)=O)cc1.COc1ccc(COc2c(C(C)=O)nn(Cc3ccc(OC)cc3)c2-c2ccccc2)cc1.PPP. The van der Waals surface area contributed by atoms with E-state index in [1.807, 2.05) is 193 Å². The van der Waals surface area contributed by atoms with Crippen LogP contribution in [0.15, 0.2) is 188 Å². The van der Waals surface area contributed by atoms with Gasteiger partial charge in [-0.3, -0.25) is 28.8 Å². The van der Waals surface area contributed by atoms with Gasteiger partial charge in [-0.05, 0) is 70.8 Å². The van der Waals surface area contributed by atoms with E-state index in [-0.39, 0.29) is 51.1 Å². The molecule has 87 heavy (non-hydrogen) atoms. The number of benzene rings is 7. The molecule has 10 aromatic rings. The van der Waals surface area contributed by atoms with Crippen molar-refractivity contribution in [2.24, 2.45) is 0 Å². The highest BCUT2D eigenvalue weighted by Crippen LogP contribution is 2.37. The number of nitrogens with one attached hydrogen (secondary N) is 1. The third kappa shape index (κ3) is 19.3. The number of hydrogen-bond donors (Lipinski definition) is 2. The third-order valence-electron chi connectivity index (χ3n) is 12.8. The lowest BCUT2D eigenvalue weighted by atomic mass is 10.1. The molecule has 0 saturated carbocycles. The summed E-state index contributed by atoms with van der Waals surface area (Å²) in [5, 5.41) is 25.6. The summed E-state index contributed by atoms with van der Waals surface area (Å²) >= 11 is 0. The molecule has 0 aliphatic heterocycles. The molecule has 2 atom stereocenters. The maximum absolute atomic E-state index is 12.7. The minimum absolute atomic E-state index is 0. The van der Waals surface area contributed by atoms with Crippen molar-refractivity contribution < 1.29 is 47.9 Å². The number of aromatic hydroxyl groups is 1. The molecule has 3 heterocycles. The topological polar surface area (TPSA) is 191 Å². The molecule has 0 fully saturated rings. The molecular weight excluding hydrogens is 1150 g/mol. The van der Waals surface area contributed by atoms with Crippen LogP contribution in [0.3, 0.4) is 0 Å². The molecule has 2 unspecified atom stereocenters. The van der Waals surface area contributed by atoms with Crippen molar-refractivity contribution in [2.45, 2.75) is 69.4 Å². The summed E-state index contributed by atoms with van der Waals surface area (Å²) in [6, 6.07) is 59.6. The Morgan fingerprint density at radius 2 is 0.839 bits per heavy atom. The largest absolute Gasteiger partial charge is 0.504 e. The fraction of sp³-hybridized carbons (Fsp3) is 0.206. The van der Waals surface area contributed by atoms with Gasteiger partial charge in [-0.2, -0.15) is 15.3 Å². The van der Waals surface area contributed by atoms with E-state index in [1.165, 1.54) is 20.8 Å². The summed E-state index contributed by atoms with van der Waals surface area (Å²) in [4.78, 5) is 36.3. The molecule has 0 bridgehead atoms. The standard InChI is InChI=1S/2C27H26N2O4.C11H10N2O2.3CH4.H5P3/c1-19(30)26-27(33-18-21-11-15-24(32-3)16-12-21)25(22-7-5-4-6-8-22)28-29(26)17-20-9-13-23(31-2)14-10-20;1-19(30)25-27(33-18-21-11-15-24(32-3)16-12-21)26(22-7-5-4-6-8-22)29(28-25)17-20-9-13-23(31-2)14-10-20;1-7(14)9-11(15)10(13-12-9)8-5-3-2-4-6-8;;;;1-3-2/h2*4-16H,17-18H2,1-3H3;2-6,15H,1H3,(H,12,13);3*1H4;3H,1-2H2. The quantitative estimate of drug-likeness (QED) is 0.0542. The van der Waals surface area contributed by atoms with Crippen molar-refractivity contribution in [3.8, 4) is 74.0 Å². The Balaban J connectivity index is 0.000000284. The van der Waals surface area contributed by atoms with E-state index in [0.717, 1.165) is 75.6 Å². The summed E-state index contributed by atoms with van der Waals surface area (Å²) in [5.74, 6) is 3.51. The number of methoxy groups -OCH3 is 4. The molecule has 19 heteroatoms. The van der Waals surface area contributed by atoms with Crippen molar-refractivity contribution in [3.05, 3.63) is 227 Å². The number of H-pyrrole nitrogens is 1. The van der Waals surface area contributed by atoms with E-state index in [1.54, 1.807) is 33.1 Å². The van der Waals surface area contributed by atoms with E-state index in [2.05, 4.69) is 33.2 Å². The molecule has 0 saturated heterocycles. The van der Waals surface area contributed by atoms with Crippen LogP contribution in [0, 0.1) is 0 Å². The van der Waals surface area contributed by atoms with Crippen LogP contribution in [-0.2, 0) is 26.3 Å². The second kappa shape index (κ2) is 35.5. The van der Waals surface area contributed by atoms with E-state index in [0.29, 0.717) is 60.6 Å². The van der Waals surface area contributed by atoms with Gasteiger partial charge in [-0.1, -0.05) is 170 Å². The van der Waals surface area contributed by atoms with Crippen molar-refractivity contribution in [3.63, 3.8) is 0 Å². The number of aromatic amines is 1. The van der Waals surface area contributed by atoms with Crippen LogP contribution in [-0.4, -0.2) is 80.7 Å². The van der Waals surface area contributed by atoms with Gasteiger partial charge in [-0.25, -0.2) is 0 Å². The smallest absolute Gasteiger partial charge is 0.183 e. The monoisotopic (exact) mass is 1230 g/mol. The van der Waals surface area contributed by atoms with E-state index in [9.17, 15) is 19.5 Å². The molecule has 0 aliphatic carbocycles. The molecule has 0 aliphatic rings. The van der Waals surface area contributed by atoms with Crippen LogP contribution >= 0.6 is 25.8 Å². The number of rotatable bonds is 20. The molecule has 0 amide bonds. The fourth-order valence-corrected chi connectivity index (χ4v) is 8.57. The van der Waals surface area contributed by atoms with Crippen LogP contribution in [0.4, 0.5) is 0 Å². The Morgan fingerprint density at radius 1 is 0.471 bits per heavy atom. The third-order valence-corrected chi connectivity index (χ3v) is 12.8. The van der Waals surface area contributed by atoms with Gasteiger partial charge in [0.1, 0.15) is 64.7 Å². The van der Waals surface area contributed by atoms with E-state index in [4.69, 9.17) is 33.5 Å². The lowest BCUT2D eigenvalue weighted by Gasteiger charge is -2.12. The maximum atomic E-state index is 12.7. The highest BCUT2D eigenvalue weighted by molar-refractivity contribution is 8.33. The fourth-order valence-electron chi connectivity index (χ4n) is 8.57. The highest BCUT2D eigenvalue weighted by atomic mass is 32.4. The summed E-state index contributed by atoms with van der Waals surface area (Å²) < 4.78 is 37.0. The Bertz CT molecular complexity index is 3640. The summed E-state index contributed by atoms with van der Waals surface area (Å²) in [6.45, 7) is 5.95. The number of hydrogen-bond acceptors (Lipinski definition) is 13. The Kier molecular flexibility index (Phi) is 28.8. The Morgan fingerprint density at radius 3 is 1.21 bits per heavy atom. The summed E-state index contributed by atoms with van der Waals surface area (Å²) in [7, 11) is 12.6. The summed E-state index contributed by atoms with van der Waals surface area (Å²) in [5.41, 5.74) is 9.28. The van der Waals surface area contributed by atoms with Gasteiger partial charge in [0, 0.05) is 37.5 Å².